The van der Waals surface area contributed by atoms with Gasteiger partial charge in [-0.2, -0.15) is 0 Å². The van der Waals surface area contributed by atoms with E-state index in [1.165, 1.54) is 0 Å². The zero-order valence-electron chi connectivity index (χ0n) is 15.6. The minimum atomic E-state index is -0.830. The van der Waals surface area contributed by atoms with Crippen LogP contribution in [-0.2, 0) is 25.6 Å². The largest absolute Gasteiger partial charge is 0.387 e. The molecule has 0 bridgehead atoms. The highest BCUT2D eigenvalue weighted by molar-refractivity contribution is 7.99. The minimum absolute atomic E-state index is 0.276. The van der Waals surface area contributed by atoms with Gasteiger partial charge in [-0.25, -0.2) is 0 Å². The Morgan fingerprint density at radius 3 is 2.19 bits per heavy atom. The van der Waals surface area contributed by atoms with Gasteiger partial charge in [0.1, 0.15) is 29.9 Å². The lowest BCUT2D eigenvalue weighted by molar-refractivity contribution is -0.224. The third-order valence-electron chi connectivity index (χ3n) is 4.55. The summed E-state index contributed by atoms with van der Waals surface area (Å²) in [4.78, 5) is 1.07. The fraction of sp³-hybridized carbons (Fsp3) is 0.429. The van der Waals surface area contributed by atoms with Crippen LogP contribution in [0.2, 0.25) is 0 Å². The van der Waals surface area contributed by atoms with Gasteiger partial charge in [-0.15, -0.1) is 0 Å². The molecule has 0 saturated carbocycles. The Hall–Kier alpha value is -1.41. The number of aliphatic hydroxyl groups excluding tert-OH is 1. The molecular formula is C21H26O5S. The van der Waals surface area contributed by atoms with Crippen molar-refractivity contribution in [2.24, 2.45) is 0 Å². The second-order valence-electron chi connectivity index (χ2n) is 6.37. The highest BCUT2D eigenvalue weighted by Gasteiger charge is 2.46. The number of hydrogen-bond donors (Lipinski definition) is 1. The average Bonchev–Trinajstić information content (AvgIpc) is 2.71. The van der Waals surface area contributed by atoms with E-state index in [1.807, 2.05) is 60.7 Å². The van der Waals surface area contributed by atoms with E-state index in [9.17, 15) is 5.11 Å². The summed E-state index contributed by atoms with van der Waals surface area (Å²) < 4.78 is 23.1. The Morgan fingerprint density at radius 2 is 1.56 bits per heavy atom. The van der Waals surface area contributed by atoms with E-state index >= 15 is 0 Å². The molecule has 0 aliphatic carbocycles. The molecule has 2 aromatic rings. The number of hydrogen-bond acceptors (Lipinski definition) is 6. The van der Waals surface area contributed by atoms with Crippen LogP contribution >= 0.6 is 11.8 Å². The SMILES string of the molecule is CO[C@@H]1[C@@H](OC)[C@H](O)[C@@H](COCc2ccccc2)O[C@@H]1Sc1ccccc1. The van der Waals surface area contributed by atoms with Gasteiger partial charge in [0, 0.05) is 19.1 Å². The first kappa shape index (κ1) is 20.3. The van der Waals surface area contributed by atoms with Crippen molar-refractivity contribution >= 4 is 11.8 Å². The zero-order chi connectivity index (χ0) is 19.1. The number of rotatable bonds is 8. The van der Waals surface area contributed by atoms with Crippen molar-refractivity contribution in [3.63, 3.8) is 0 Å². The molecule has 0 aromatic heterocycles. The number of aliphatic hydroxyl groups is 1. The maximum Gasteiger partial charge on any atom is 0.137 e. The molecule has 6 heteroatoms. The number of benzene rings is 2. The normalized spacial score (nSPS) is 28.2. The van der Waals surface area contributed by atoms with Gasteiger partial charge in [-0.05, 0) is 17.7 Å². The van der Waals surface area contributed by atoms with Gasteiger partial charge in [-0.1, -0.05) is 60.3 Å². The Bertz CT molecular complexity index is 669. The standard InChI is InChI=1S/C21H26O5S/c1-23-19-18(22)17(14-25-13-15-9-5-3-6-10-15)26-21(20(19)24-2)27-16-11-7-4-8-12-16/h3-12,17-22H,13-14H2,1-2H3/t17-,18-,19+,20-,21-/m1/s1. The van der Waals surface area contributed by atoms with Crippen LogP contribution in [0.4, 0.5) is 0 Å². The third-order valence-corrected chi connectivity index (χ3v) is 5.71. The highest BCUT2D eigenvalue weighted by atomic mass is 32.2. The lowest BCUT2D eigenvalue weighted by Gasteiger charge is -2.43. The van der Waals surface area contributed by atoms with Crippen LogP contribution in [0.5, 0.6) is 0 Å². The van der Waals surface area contributed by atoms with E-state index in [0.29, 0.717) is 6.61 Å². The lowest BCUT2D eigenvalue weighted by atomic mass is 10.00. The summed E-state index contributed by atoms with van der Waals surface area (Å²) in [5.74, 6) is 0. The van der Waals surface area contributed by atoms with Gasteiger partial charge in [-0.3, -0.25) is 0 Å². The summed E-state index contributed by atoms with van der Waals surface area (Å²) in [7, 11) is 3.19. The Morgan fingerprint density at radius 1 is 0.926 bits per heavy atom. The zero-order valence-corrected chi connectivity index (χ0v) is 16.4. The van der Waals surface area contributed by atoms with Crippen molar-refractivity contribution in [1.29, 1.82) is 0 Å². The van der Waals surface area contributed by atoms with Crippen LogP contribution in [0, 0.1) is 0 Å². The Labute approximate surface area is 164 Å². The molecule has 0 spiro atoms. The van der Waals surface area contributed by atoms with E-state index in [1.54, 1.807) is 26.0 Å². The molecule has 1 aliphatic heterocycles. The maximum absolute atomic E-state index is 10.7. The smallest absolute Gasteiger partial charge is 0.137 e. The Kier molecular flexibility index (Phi) is 7.70. The molecule has 146 valence electrons. The summed E-state index contributed by atoms with van der Waals surface area (Å²) in [5, 5.41) is 10.7. The molecule has 1 aliphatic rings. The molecule has 1 fully saturated rings. The summed E-state index contributed by atoms with van der Waals surface area (Å²) in [6.07, 6.45) is -2.20. The number of methoxy groups -OCH3 is 2. The summed E-state index contributed by atoms with van der Waals surface area (Å²) >= 11 is 1.56. The van der Waals surface area contributed by atoms with Crippen molar-refractivity contribution in [3.8, 4) is 0 Å². The first-order chi connectivity index (χ1) is 13.2. The van der Waals surface area contributed by atoms with Gasteiger partial charge in [0.25, 0.3) is 0 Å². The highest BCUT2D eigenvalue weighted by Crippen LogP contribution is 2.35. The quantitative estimate of drug-likeness (QED) is 0.747. The predicted octanol–water partition coefficient (Wildman–Crippen LogP) is 3.11. The van der Waals surface area contributed by atoms with Crippen molar-refractivity contribution in [3.05, 3.63) is 66.2 Å². The van der Waals surface area contributed by atoms with Crippen LogP contribution in [0.3, 0.4) is 0 Å². The summed E-state index contributed by atoms with van der Waals surface area (Å²) in [5.41, 5.74) is 0.771. The van der Waals surface area contributed by atoms with E-state index < -0.39 is 18.3 Å². The minimum Gasteiger partial charge on any atom is -0.387 e. The van der Waals surface area contributed by atoms with Gasteiger partial charge >= 0.3 is 0 Å². The predicted molar refractivity (Wildman–Crippen MR) is 105 cm³/mol. The van der Waals surface area contributed by atoms with E-state index in [2.05, 4.69) is 0 Å². The third kappa shape index (κ3) is 5.31. The summed E-state index contributed by atoms with van der Waals surface area (Å²) in [6, 6.07) is 19.9. The fourth-order valence-electron chi connectivity index (χ4n) is 3.14. The molecule has 0 radical (unpaired) electrons. The van der Waals surface area contributed by atoms with E-state index in [-0.39, 0.29) is 18.1 Å². The second kappa shape index (κ2) is 10.2. The topological polar surface area (TPSA) is 57.2 Å². The molecule has 1 saturated heterocycles. The second-order valence-corrected chi connectivity index (χ2v) is 7.54. The maximum atomic E-state index is 10.7. The van der Waals surface area contributed by atoms with Crippen molar-refractivity contribution < 1.29 is 24.1 Å². The van der Waals surface area contributed by atoms with Crippen LogP contribution < -0.4 is 0 Å². The van der Waals surface area contributed by atoms with E-state index in [0.717, 1.165) is 10.5 Å². The monoisotopic (exact) mass is 390 g/mol. The van der Waals surface area contributed by atoms with Crippen LogP contribution in [-0.4, -0.2) is 55.8 Å². The molecule has 1 heterocycles. The average molecular weight is 391 g/mol. The van der Waals surface area contributed by atoms with Crippen molar-refractivity contribution in [2.45, 2.75) is 41.4 Å². The molecular weight excluding hydrogens is 364 g/mol. The van der Waals surface area contributed by atoms with Gasteiger partial charge < -0.3 is 24.1 Å². The molecule has 27 heavy (non-hydrogen) atoms. The van der Waals surface area contributed by atoms with Crippen LogP contribution in [0.25, 0.3) is 0 Å². The van der Waals surface area contributed by atoms with E-state index in [4.69, 9.17) is 18.9 Å². The lowest BCUT2D eigenvalue weighted by Crippen LogP contribution is -2.59. The summed E-state index contributed by atoms with van der Waals surface area (Å²) in [6.45, 7) is 0.744. The van der Waals surface area contributed by atoms with Crippen LogP contribution in [0.1, 0.15) is 5.56 Å². The molecule has 3 rings (SSSR count). The Balaban J connectivity index is 1.65. The molecule has 2 aromatic carbocycles. The molecule has 5 nitrogen and oxygen atoms in total. The van der Waals surface area contributed by atoms with Gasteiger partial charge in [0.2, 0.25) is 0 Å². The fourth-order valence-corrected chi connectivity index (χ4v) is 4.32. The first-order valence-corrected chi connectivity index (χ1v) is 9.83. The molecule has 0 amide bonds. The first-order valence-electron chi connectivity index (χ1n) is 8.95. The van der Waals surface area contributed by atoms with Gasteiger partial charge in [0.15, 0.2) is 0 Å². The van der Waals surface area contributed by atoms with Crippen molar-refractivity contribution in [2.75, 3.05) is 20.8 Å². The molecule has 0 unspecified atom stereocenters. The molecule has 5 atom stereocenters. The van der Waals surface area contributed by atoms with Crippen LogP contribution in [0.15, 0.2) is 65.6 Å². The van der Waals surface area contributed by atoms with Crippen molar-refractivity contribution in [1.82, 2.24) is 0 Å². The number of thioether (sulfide) groups is 1. The number of ether oxygens (including phenoxy) is 4. The van der Waals surface area contributed by atoms with Gasteiger partial charge in [0.05, 0.1) is 13.2 Å². The molecule has 1 N–H and O–H groups in total.